The number of aromatic nitrogens is 4. The van der Waals surface area contributed by atoms with Crippen LogP contribution in [0.1, 0.15) is 51.0 Å². The number of hydrogen-bond donors (Lipinski definition) is 1. The van der Waals surface area contributed by atoms with Crippen molar-refractivity contribution >= 4 is 5.95 Å². The normalized spacial score (nSPS) is 21.5. The minimum absolute atomic E-state index is 0.0264. The Kier molecular flexibility index (Phi) is 6.81. The number of aryl methyl sites for hydroxylation is 1. The molecule has 0 radical (unpaired) electrons. The van der Waals surface area contributed by atoms with Crippen LogP contribution in [0.25, 0.3) is 17.1 Å². The van der Waals surface area contributed by atoms with Crippen molar-refractivity contribution in [3.8, 4) is 17.1 Å². The summed E-state index contributed by atoms with van der Waals surface area (Å²) >= 11 is 0. The molecule has 5 rings (SSSR count). The number of anilines is 1. The number of imidazole rings is 1. The highest BCUT2D eigenvalue weighted by Crippen LogP contribution is 2.27. The van der Waals surface area contributed by atoms with Gasteiger partial charge in [-0.1, -0.05) is 19.1 Å². The van der Waals surface area contributed by atoms with Crippen molar-refractivity contribution in [1.29, 1.82) is 0 Å². The van der Waals surface area contributed by atoms with E-state index >= 15 is 0 Å². The lowest BCUT2D eigenvalue weighted by Gasteiger charge is -2.26. The summed E-state index contributed by atoms with van der Waals surface area (Å²) in [6.07, 6.45) is 10.5. The molecule has 0 spiro atoms. The van der Waals surface area contributed by atoms with Gasteiger partial charge in [-0.2, -0.15) is 0 Å². The summed E-state index contributed by atoms with van der Waals surface area (Å²) in [6.45, 7) is 6.61. The second-order valence-corrected chi connectivity index (χ2v) is 10.0. The van der Waals surface area contributed by atoms with Crippen LogP contribution in [0.5, 0.6) is 0 Å². The van der Waals surface area contributed by atoms with Gasteiger partial charge in [0, 0.05) is 38.2 Å². The van der Waals surface area contributed by atoms with E-state index in [2.05, 4.69) is 17.2 Å². The van der Waals surface area contributed by atoms with Crippen molar-refractivity contribution in [3.63, 3.8) is 0 Å². The molecule has 0 amide bonds. The Labute approximate surface area is 201 Å². The monoisotopic (exact) mass is 461 g/mol. The molecule has 0 atom stereocenters. The van der Waals surface area contributed by atoms with Crippen LogP contribution in [-0.2, 0) is 11.3 Å². The van der Waals surface area contributed by atoms with Crippen LogP contribution in [0.3, 0.4) is 0 Å². The Bertz CT molecular complexity index is 1170. The SMILES string of the molecule is Cc1cccc(-n2c(-c3ccnc(NC4CCC(C)CC4)n3)cn(CC3CCOCC3)c2=O)c1. The lowest BCUT2D eigenvalue weighted by Crippen LogP contribution is -2.28. The maximum absolute atomic E-state index is 13.6. The molecule has 0 bridgehead atoms. The fraction of sp³-hybridized carbons (Fsp3) is 0.519. The van der Waals surface area contributed by atoms with Crippen LogP contribution in [0.2, 0.25) is 0 Å². The number of hydrogen-bond acceptors (Lipinski definition) is 5. The van der Waals surface area contributed by atoms with Crippen molar-refractivity contribution in [1.82, 2.24) is 19.1 Å². The zero-order valence-electron chi connectivity index (χ0n) is 20.2. The second kappa shape index (κ2) is 10.1. The molecule has 2 fully saturated rings. The molecular weight excluding hydrogens is 426 g/mol. The molecule has 0 unspecified atom stereocenters. The van der Waals surface area contributed by atoms with Gasteiger partial charge in [-0.3, -0.25) is 9.13 Å². The molecule has 3 aromatic rings. The highest BCUT2D eigenvalue weighted by atomic mass is 16.5. The zero-order chi connectivity index (χ0) is 23.5. The molecule has 1 saturated heterocycles. The molecule has 1 saturated carbocycles. The van der Waals surface area contributed by atoms with Gasteiger partial charge >= 0.3 is 5.69 Å². The Hall–Kier alpha value is -2.93. The van der Waals surface area contributed by atoms with Crippen LogP contribution >= 0.6 is 0 Å². The van der Waals surface area contributed by atoms with E-state index in [1.54, 1.807) is 10.8 Å². The van der Waals surface area contributed by atoms with Gasteiger partial charge < -0.3 is 10.1 Å². The van der Waals surface area contributed by atoms with E-state index in [4.69, 9.17) is 9.72 Å². The molecule has 7 heteroatoms. The zero-order valence-corrected chi connectivity index (χ0v) is 20.2. The first-order chi connectivity index (χ1) is 16.6. The van der Waals surface area contributed by atoms with Gasteiger partial charge in [-0.25, -0.2) is 14.8 Å². The summed E-state index contributed by atoms with van der Waals surface area (Å²) in [6, 6.07) is 10.4. The van der Waals surface area contributed by atoms with Crippen LogP contribution in [0.15, 0.2) is 47.5 Å². The molecular formula is C27H35N5O2. The first kappa shape index (κ1) is 22.8. The van der Waals surface area contributed by atoms with E-state index in [1.807, 2.05) is 48.0 Å². The van der Waals surface area contributed by atoms with E-state index < -0.39 is 0 Å². The first-order valence-corrected chi connectivity index (χ1v) is 12.6. The molecule has 1 aliphatic carbocycles. The number of benzene rings is 1. The standard InChI is InChI=1S/C27H35N5O2/c1-19-6-8-22(9-7-19)29-26-28-13-10-24(30-26)25-18-31(17-21-11-14-34-15-12-21)27(33)32(25)23-5-3-4-20(2)16-23/h3-5,10,13,16,18-19,21-22H,6-9,11-12,14-15,17H2,1-2H3,(H,28,29,30). The van der Waals surface area contributed by atoms with Crippen LogP contribution in [0.4, 0.5) is 5.95 Å². The molecule has 3 heterocycles. The first-order valence-electron chi connectivity index (χ1n) is 12.6. The molecule has 1 N–H and O–H groups in total. The van der Waals surface area contributed by atoms with Crippen molar-refractivity contribution in [3.05, 3.63) is 58.8 Å². The third kappa shape index (κ3) is 5.09. The third-order valence-electron chi connectivity index (χ3n) is 7.28. The van der Waals surface area contributed by atoms with E-state index in [-0.39, 0.29) is 5.69 Å². The fourth-order valence-electron chi connectivity index (χ4n) is 5.19. The average molecular weight is 462 g/mol. The van der Waals surface area contributed by atoms with E-state index in [9.17, 15) is 4.79 Å². The van der Waals surface area contributed by atoms with Crippen LogP contribution in [0, 0.1) is 18.8 Å². The minimum atomic E-state index is -0.0264. The predicted octanol–water partition coefficient (Wildman–Crippen LogP) is 4.82. The minimum Gasteiger partial charge on any atom is -0.381 e. The molecule has 2 aliphatic rings. The molecule has 7 nitrogen and oxygen atoms in total. The van der Waals surface area contributed by atoms with Crippen molar-refractivity contribution in [2.45, 2.75) is 65.0 Å². The summed E-state index contributed by atoms with van der Waals surface area (Å²) in [7, 11) is 0. The quantitative estimate of drug-likeness (QED) is 0.570. The van der Waals surface area contributed by atoms with E-state index in [0.717, 1.165) is 67.5 Å². The lowest BCUT2D eigenvalue weighted by molar-refractivity contribution is 0.0609. The topological polar surface area (TPSA) is 74.0 Å². The van der Waals surface area contributed by atoms with Gasteiger partial charge in [0.25, 0.3) is 0 Å². The Balaban J connectivity index is 1.49. The Morgan fingerprint density at radius 2 is 1.88 bits per heavy atom. The highest BCUT2D eigenvalue weighted by molar-refractivity contribution is 5.59. The third-order valence-corrected chi connectivity index (χ3v) is 7.28. The molecule has 34 heavy (non-hydrogen) atoms. The number of rotatable bonds is 6. The summed E-state index contributed by atoms with van der Waals surface area (Å²) in [5.41, 5.74) is 3.50. The van der Waals surface area contributed by atoms with Gasteiger partial charge in [-0.15, -0.1) is 0 Å². The summed E-state index contributed by atoms with van der Waals surface area (Å²) in [5.74, 6) is 1.88. The highest BCUT2D eigenvalue weighted by Gasteiger charge is 2.22. The number of nitrogens with one attached hydrogen (secondary N) is 1. The smallest absolute Gasteiger partial charge is 0.333 e. The van der Waals surface area contributed by atoms with Crippen molar-refractivity contribution in [2.24, 2.45) is 11.8 Å². The maximum atomic E-state index is 13.6. The van der Waals surface area contributed by atoms with Crippen LogP contribution in [-0.4, -0.2) is 38.4 Å². The number of ether oxygens (including phenoxy) is 1. The van der Waals surface area contributed by atoms with Gasteiger partial charge in [0.05, 0.1) is 17.1 Å². The second-order valence-electron chi connectivity index (χ2n) is 10.0. The van der Waals surface area contributed by atoms with Crippen molar-refractivity contribution < 1.29 is 4.74 Å². The Morgan fingerprint density at radius 1 is 1.09 bits per heavy atom. The largest absolute Gasteiger partial charge is 0.381 e. The van der Waals surface area contributed by atoms with E-state index in [0.29, 0.717) is 24.5 Å². The van der Waals surface area contributed by atoms with Gasteiger partial charge in [0.1, 0.15) is 0 Å². The van der Waals surface area contributed by atoms with Gasteiger partial charge in [0.2, 0.25) is 5.95 Å². The summed E-state index contributed by atoms with van der Waals surface area (Å²) < 4.78 is 9.16. The average Bonchev–Trinajstić information content (AvgIpc) is 3.17. The maximum Gasteiger partial charge on any atom is 0.333 e. The van der Waals surface area contributed by atoms with E-state index in [1.165, 1.54) is 12.8 Å². The van der Waals surface area contributed by atoms with Crippen molar-refractivity contribution in [2.75, 3.05) is 18.5 Å². The van der Waals surface area contributed by atoms with Gasteiger partial charge in [-0.05, 0) is 81.0 Å². The molecule has 1 aromatic carbocycles. The molecule has 2 aromatic heterocycles. The lowest BCUT2D eigenvalue weighted by atomic mass is 9.87. The van der Waals surface area contributed by atoms with Gasteiger partial charge in [0.15, 0.2) is 0 Å². The summed E-state index contributed by atoms with van der Waals surface area (Å²) in [5, 5.41) is 3.54. The molecule has 1 aliphatic heterocycles. The predicted molar refractivity (Wildman–Crippen MR) is 134 cm³/mol. The number of nitrogens with zero attached hydrogens (tertiary/aromatic N) is 4. The van der Waals surface area contributed by atoms with Crippen LogP contribution < -0.4 is 11.0 Å². The Morgan fingerprint density at radius 3 is 2.65 bits per heavy atom. The fourth-order valence-corrected chi connectivity index (χ4v) is 5.19. The summed E-state index contributed by atoms with van der Waals surface area (Å²) in [4.78, 5) is 23.0. The molecule has 180 valence electrons.